The molecule has 2 heterocycles. The van der Waals surface area contributed by atoms with E-state index in [0.717, 1.165) is 29.0 Å². The van der Waals surface area contributed by atoms with E-state index in [1.807, 2.05) is 37.2 Å². The van der Waals surface area contributed by atoms with Gasteiger partial charge in [-0.25, -0.2) is 4.98 Å². The number of aliphatic hydroxyl groups excluding tert-OH is 1. The summed E-state index contributed by atoms with van der Waals surface area (Å²) in [5.74, 6) is 1.51. The van der Waals surface area contributed by atoms with Crippen LogP contribution in [-0.4, -0.2) is 40.8 Å². The largest absolute Gasteiger partial charge is 0.394 e. The van der Waals surface area contributed by atoms with E-state index in [1.54, 1.807) is 11.3 Å². The zero-order chi connectivity index (χ0) is 14.8. The number of hydrogen-bond acceptors (Lipinski definition) is 6. The molecule has 0 spiro atoms. The molecule has 0 radical (unpaired) electrons. The molecule has 0 unspecified atom stereocenters. The normalized spacial score (nSPS) is 11.8. The van der Waals surface area contributed by atoms with Crippen molar-refractivity contribution in [1.29, 1.82) is 0 Å². The van der Waals surface area contributed by atoms with E-state index >= 15 is 0 Å². The maximum atomic E-state index is 9.56. The molecule has 2 rings (SSSR count). The lowest BCUT2D eigenvalue weighted by Crippen LogP contribution is -2.45. The van der Waals surface area contributed by atoms with E-state index in [-0.39, 0.29) is 12.1 Å². The molecule has 0 aromatic carbocycles. The molecular weight excluding hydrogens is 272 g/mol. The van der Waals surface area contributed by atoms with Gasteiger partial charge < -0.3 is 15.3 Å². The van der Waals surface area contributed by atoms with Crippen LogP contribution in [0.1, 0.15) is 27.2 Å². The molecule has 2 N–H and O–H groups in total. The molecule has 0 fully saturated rings. The van der Waals surface area contributed by atoms with Crippen molar-refractivity contribution >= 4 is 33.3 Å². The number of aromatic nitrogens is 2. The molecule has 20 heavy (non-hydrogen) atoms. The van der Waals surface area contributed by atoms with Crippen molar-refractivity contribution in [3.8, 4) is 0 Å². The number of rotatable bonds is 6. The Balaban J connectivity index is 2.47. The summed E-state index contributed by atoms with van der Waals surface area (Å²) in [5, 5.41) is 15.8. The number of aliphatic hydroxyl groups is 1. The summed E-state index contributed by atoms with van der Waals surface area (Å²) in [6.45, 7) is 7.01. The Morgan fingerprint density at radius 1 is 1.40 bits per heavy atom. The SMILES string of the molecule is CCCNc1nc(N(C)C(C)(C)CO)c2ccsc2n1. The Morgan fingerprint density at radius 2 is 2.15 bits per heavy atom. The minimum Gasteiger partial charge on any atom is -0.394 e. The maximum Gasteiger partial charge on any atom is 0.226 e. The highest BCUT2D eigenvalue weighted by atomic mass is 32.1. The van der Waals surface area contributed by atoms with Crippen molar-refractivity contribution in [2.75, 3.05) is 30.4 Å². The Labute approximate surface area is 123 Å². The smallest absolute Gasteiger partial charge is 0.226 e. The molecule has 2 aromatic rings. The van der Waals surface area contributed by atoms with Crippen molar-refractivity contribution < 1.29 is 5.11 Å². The highest BCUT2D eigenvalue weighted by Crippen LogP contribution is 2.31. The molecule has 0 aliphatic heterocycles. The predicted molar refractivity (Wildman–Crippen MR) is 85.8 cm³/mol. The molecule has 0 aliphatic rings. The molecule has 0 aliphatic carbocycles. The second-order valence-electron chi connectivity index (χ2n) is 5.47. The Morgan fingerprint density at radius 3 is 2.80 bits per heavy atom. The number of nitrogens with one attached hydrogen (secondary N) is 1. The number of nitrogens with zero attached hydrogens (tertiary/aromatic N) is 3. The summed E-state index contributed by atoms with van der Waals surface area (Å²) in [6, 6.07) is 2.03. The van der Waals surface area contributed by atoms with Gasteiger partial charge in [-0.15, -0.1) is 11.3 Å². The lowest BCUT2D eigenvalue weighted by Gasteiger charge is -2.35. The van der Waals surface area contributed by atoms with Crippen LogP contribution in [0.5, 0.6) is 0 Å². The number of thiophene rings is 1. The topological polar surface area (TPSA) is 61.3 Å². The molecule has 0 saturated carbocycles. The Kier molecular flexibility index (Phi) is 4.45. The van der Waals surface area contributed by atoms with Gasteiger partial charge in [0.25, 0.3) is 0 Å². The van der Waals surface area contributed by atoms with Crippen molar-refractivity contribution in [3.63, 3.8) is 0 Å². The van der Waals surface area contributed by atoms with Gasteiger partial charge in [0.2, 0.25) is 5.95 Å². The molecular formula is C14H22N4OS. The van der Waals surface area contributed by atoms with Crippen LogP contribution in [0.25, 0.3) is 10.2 Å². The summed E-state index contributed by atoms with van der Waals surface area (Å²) in [5.41, 5.74) is -0.370. The van der Waals surface area contributed by atoms with E-state index in [9.17, 15) is 5.11 Å². The molecule has 110 valence electrons. The highest BCUT2D eigenvalue weighted by Gasteiger charge is 2.26. The fourth-order valence-corrected chi connectivity index (χ4v) is 2.56. The quantitative estimate of drug-likeness (QED) is 0.858. The van der Waals surface area contributed by atoms with Crippen molar-refractivity contribution in [2.24, 2.45) is 0 Å². The Bertz CT molecular complexity index is 582. The molecule has 5 nitrogen and oxygen atoms in total. The first-order valence-corrected chi connectivity index (χ1v) is 7.71. The molecule has 0 atom stereocenters. The van der Waals surface area contributed by atoms with E-state index in [0.29, 0.717) is 5.95 Å². The van der Waals surface area contributed by atoms with Crippen LogP contribution >= 0.6 is 11.3 Å². The average molecular weight is 294 g/mol. The van der Waals surface area contributed by atoms with Gasteiger partial charge in [-0.1, -0.05) is 6.92 Å². The Hall–Kier alpha value is -1.40. The van der Waals surface area contributed by atoms with Gasteiger partial charge in [0.05, 0.1) is 17.5 Å². The molecule has 0 amide bonds. The monoisotopic (exact) mass is 294 g/mol. The van der Waals surface area contributed by atoms with Crippen LogP contribution in [0.2, 0.25) is 0 Å². The zero-order valence-electron chi connectivity index (χ0n) is 12.5. The molecule has 0 bridgehead atoms. The van der Waals surface area contributed by atoms with Gasteiger partial charge in [-0.3, -0.25) is 0 Å². The fraction of sp³-hybridized carbons (Fsp3) is 0.571. The van der Waals surface area contributed by atoms with Crippen LogP contribution in [-0.2, 0) is 0 Å². The van der Waals surface area contributed by atoms with Crippen molar-refractivity contribution in [2.45, 2.75) is 32.7 Å². The number of anilines is 2. The van der Waals surface area contributed by atoms with E-state index in [2.05, 4.69) is 22.2 Å². The molecule has 6 heteroatoms. The van der Waals surface area contributed by atoms with E-state index in [1.165, 1.54) is 0 Å². The summed E-state index contributed by atoms with van der Waals surface area (Å²) < 4.78 is 0. The van der Waals surface area contributed by atoms with Gasteiger partial charge >= 0.3 is 0 Å². The van der Waals surface area contributed by atoms with Gasteiger partial charge in [0.15, 0.2) is 0 Å². The molecule has 2 aromatic heterocycles. The first-order valence-electron chi connectivity index (χ1n) is 6.83. The lowest BCUT2D eigenvalue weighted by atomic mass is 10.1. The minimum absolute atomic E-state index is 0.0663. The van der Waals surface area contributed by atoms with Crippen molar-refractivity contribution in [1.82, 2.24) is 9.97 Å². The maximum absolute atomic E-state index is 9.56. The van der Waals surface area contributed by atoms with Crippen molar-refractivity contribution in [3.05, 3.63) is 11.4 Å². The summed E-state index contributed by atoms with van der Waals surface area (Å²) in [7, 11) is 1.96. The second-order valence-corrected chi connectivity index (χ2v) is 6.36. The van der Waals surface area contributed by atoms with Crippen LogP contribution in [0, 0.1) is 0 Å². The predicted octanol–water partition coefficient (Wildman–Crippen LogP) is 2.72. The number of fused-ring (bicyclic) bond motifs is 1. The number of likely N-dealkylation sites (N-methyl/N-ethyl adjacent to an activating group) is 1. The number of hydrogen-bond donors (Lipinski definition) is 2. The summed E-state index contributed by atoms with van der Waals surface area (Å²) >= 11 is 1.60. The van der Waals surface area contributed by atoms with E-state index < -0.39 is 0 Å². The van der Waals surface area contributed by atoms with Gasteiger partial charge in [-0.2, -0.15) is 4.98 Å². The lowest BCUT2D eigenvalue weighted by molar-refractivity contribution is 0.216. The third-order valence-corrected chi connectivity index (χ3v) is 4.26. The summed E-state index contributed by atoms with van der Waals surface area (Å²) in [4.78, 5) is 12.1. The average Bonchev–Trinajstić information content (AvgIpc) is 2.91. The van der Waals surface area contributed by atoms with Gasteiger partial charge in [-0.05, 0) is 31.7 Å². The third-order valence-electron chi connectivity index (χ3n) is 3.45. The minimum atomic E-state index is -0.370. The fourth-order valence-electron chi connectivity index (χ4n) is 1.80. The van der Waals surface area contributed by atoms with Crippen LogP contribution in [0.3, 0.4) is 0 Å². The van der Waals surface area contributed by atoms with Crippen LogP contribution in [0.4, 0.5) is 11.8 Å². The standard InChI is InChI=1S/C14H22N4OS/c1-5-7-15-13-16-11(18(4)14(2,3)9-19)10-6-8-20-12(10)17-13/h6,8,19H,5,7,9H2,1-4H3,(H,15,16,17). The van der Waals surface area contributed by atoms with Crippen LogP contribution in [0.15, 0.2) is 11.4 Å². The zero-order valence-corrected chi connectivity index (χ0v) is 13.3. The molecule has 0 saturated heterocycles. The first-order chi connectivity index (χ1) is 9.49. The van der Waals surface area contributed by atoms with Crippen LogP contribution < -0.4 is 10.2 Å². The second kappa shape index (κ2) is 5.93. The van der Waals surface area contributed by atoms with Gasteiger partial charge in [0, 0.05) is 13.6 Å². The van der Waals surface area contributed by atoms with Gasteiger partial charge in [0.1, 0.15) is 10.6 Å². The highest BCUT2D eigenvalue weighted by molar-refractivity contribution is 7.16. The third kappa shape index (κ3) is 2.86. The first kappa shape index (κ1) is 15.0. The summed E-state index contributed by atoms with van der Waals surface area (Å²) in [6.07, 6.45) is 1.03. The van der Waals surface area contributed by atoms with E-state index in [4.69, 9.17) is 0 Å².